The molecule has 0 aromatic heterocycles. The average Bonchev–Trinajstić information content (AvgIpc) is 2.74. The number of amides is 2. The highest BCUT2D eigenvalue weighted by molar-refractivity contribution is 7.82. The van der Waals surface area contributed by atoms with Crippen molar-refractivity contribution in [1.29, 1.82) is 0 Å². The summed E-state index contributed by atoms with van der Waals surface area (Å²) in [7, 11) is 0. The van der Waals surface area contributed by atoms with E-state index in [4.69, 9.17) is 5.73 Å². The predicted molar refractivity (Wildman–Crippen MR) is 120 cm³/mol. The highest BCUT2D eigenvalue weighted by Crippen LogP contribution is 2.27. The maximum Gasteiger partial charge on any atom is 0.334 e. The van der Waals surface area contributed by atoms with Crippen molar-refractivity contribution < 1.29 is 4.79 Å². The van der Waals surface area contributed by atoms with Crippen LogP contribution < -0.4 is 10.0 Å². The highest BCUT2D eigenvalue weighted by atomic mass is 32.1. The van der Waals surface area contributed by atoms with Gasteiger partial charge in [-0.25, -0.2) is 9.10 Å². The number of anilines is 2. The fourth-order valence-corrected chi connectivity index (χ4v) is 4.14. The molecule has 5 nitrogen and oxygen atoms in total. The molecule has 0 unspecified atom stereocenters. The van der Waals surface area contributed by atoms with E-state index < -0.39 is 0 Å². The van der Waals surface area contributed by atoms with Crippen LogP contribution in [0.15, 0.2) is 54.6 Å². The van der Waals surface area contributed by atoms with Crippen molar-refractivity contribution in [3.63, 3.8) is 0 Å². The lowest BCUT2D eigenvalue weighted by molar-refractivity contribution is 0.129. The third-order valence-corrected chi connectivity index (χ3v) is 5.88. The van der Waals surface area contributed by atoms with Gasteiger partial charge in [0, 0.05) is 32.2 Å². The van der Waals surface area contributed by atoms with Gasteiger partial charge >= 0.3 is 6.03 Å². The molecule has 0 radical (unpaired) electrons. The van der Waals surface area contributed by atoms with Gasteiger partial charge in [0.2, 0.25) is 0 Å². The zero-order valence-electron chi connectivity index (χ0n) is 16.5. The molecule has 0 spiro atoms. The number of thiol groups is 1. The number of benzene rings is 2. The average molecular weight is 399 g/mol. The normalized spacial score (nSPS) is 15.4. The molecule has 2 N–H and O–H groups in total. The van der Waals surface area contributed by atoms with Gasteiger partial charge in [-0.2, -0.15) is 0 Å². The number of carbonyl (C=O) groups excluding carboxylic acids is 1. The van der Waals surface area contributed by atoms with Gasteiger partial charge in [-0.15, -0.1) is 0 Å². The van der Waals surface area contributed by atoms with Crippen molar-refractivity contribution in [1.82, 2.24) is 9.80 Å². The maximum absolute atomic E-state index is 13.0. The lowest BCUT2D eigenvalue weighted by Gasteiger charge is -2.39. The number of carbonyl (C=O) groups is 1. The molecule has 2 aromatic rings. The van der Waals surface area contributed by atoms with Crippen LogP contribution in [0.2, 0.25) is 0 Å². The summed E-state index contributed by atoms with van der Waals surface area (Å²) < 4.78 is 1.38. The van der Waals surface area contributed by atoms with Gasteiger partial charge in [0.05, 0.1) is 11.4 Å². The molecule has 1 aliphatic rings. The van der Waals surface area contributed by atoms with E-state index in [0.717, 1.165) is 38.9 Å². The Morgan fingerprint density at radius 1 is 1.11 bits per heavy atom. The summed E-state index contributed by atoms with van der Waals surface area (Å²) in [5.74, 6) is 0. The molecule has 0 aliphatic carbocycles. The van der Waals surface area contributed by atoms with E-state index in [0.29, 0.717) is 17.9 Å². The number of hydrogen-bond donors (Lipinski definition) is 2. The van der Waals surface area contributed by atoms with Crippen LogP contribution in [0.5, 0.6) is 0 Å². The monoisotopic (exact) mass is 398 g/mol. The summed E-state index contributed by atoms with van der Waals surface area (Å²) in [6, 6.07) is 18.1. The molecule has 150 valence electrons. The Morgan fingerprint density at radius 2 is 1.75 bits per heavy atom. The molecule has 0 atom stereocenters. The Labute approximate surface area is 173 Å². The van der Waals surface area contributed by atoms with E-state index in [1.54, 1.807) is 6.07 Å². The largest absolute Gasteiger partial charge is 0.397 e. The van der Waals surface area contributed by atoms with E-state index in [1.807, 2.05) is 30.0 Å². The Hall–Kier alpha value is -2.18. The number of para-hydroxylation sites is 2. The summed E-state index contributed by atoms with van der Waals surface area (Å²) in [5, 5.41) is 0. The van der Waals surface area contributed by atoms with Gasteiger partial charge in [-0.05, 0) is 43.9 Å². The first-order valence-corrected chi connectivity index (χ1v) is 10.4. The number of nitrogens with two attached hydrogens (primary N) is 1. The molecule has 1 aliphatic heterocycles. The number of hydrogen-bond acceptors (Lipinski definition) is 4. The second kappa shape index (κ2) is 9.85. The maximum atomic E-state index is 13.0. The minimum absolute atomic E-state index is 0.105. The van der Waals surface area contributed by atoms with E-state index >= 15 is 0 Å². The van der Waals surface area contributed by atoms with Gasteiger partial charge in [0.25, 0.3) is 0 Å². The first kappa shape index (κ1) is 20.6. The second-order valence-electron chi connectivity index (χ2n) is 7.25. The van der Waals surface area contributed by atoms with Crippen LogP contribution in [0.1, 0.15) is 25.3 Å². The number of rotatable bonds is 6. The summed E-state index contributed by atoms with van der Waals surface area (Å²) >= 11 is 4.44. The number of nitrogen functional groups attached to an aromatic ring is 1. The van der Waals surface area contributed by atoms with Crippen LogP contribution in [-0.2, 0) is 6.42 Å². The zero-order valence-corrected chi connectivity index (χ0v) is 17.4. The predicted octanol–water partition coefficient (Wildman–Crippen LogP) is 4.07. The molecule has 6 heteroatoms. The van der Waals surface area contributed by atoms with Crippen LogP contribution >= 0.6 is 12.8 Å². The van der Waals surface area contributed by atoms with Crippen molar-refractivity contribution in [2.75, 3.05) is 36.2 Å². The number of likely N-dealkylation sites (tertiary alicyclic amines) is 1. The molecule has 0 bridgehead atoms. The first-order valence-electron chi connectivity index (χ1n) is 10.0. The van der Waals surface area contributed by atoms with Crippen LogP contribution in [0.4, 0.5) is 16.2 Å². The SMILES string of the molecule is CCN(C(=O)N(S)c1ccccc1N)C1CCN(CCc2ccccc2)CC1. The highest BCUT2D eigenvalue weighted by Gasteiger charge is 2.29. The van der Waals surface area contributed by atoms with E-state index in [-0.39, 0.29) is 12.1 Å². The second-order valence-corrected chi connectivity index (χ2v) is 7.65. The molecule has 2 aromatic carbocycles. The Morgan fingerprint density at radius 3 is 2.39 bits per heavy atom. The molecule has 1 fully saturated rings. The topological polar surface area (TPSA) is 52.8 Å². The van der Waals surface area contributed by atoms with Crippen molar-refractivity contribution in [3.05, 3.63) is 60.2 Å². The van der Waals surface area contributed by atoms with E-state index in [1.165, 1.54) is 9.87 Å². The van der Waals surface area contributed by atoms with Gasteiger partial charge in [0.15, 0.2) is 0 Å². The van der Waals surface area contributed by atoms with Crippen molar-refractivity contribution in [3.8, 4) is 0 Å². The van der Waals surface area contributed by atoms with Crippen LogP contribution in [0.3, 0.4) is 0 Å². The molecule has 0 saturated carbocycles. The molecular weight excluding hydrogens is 368 g/mol. The third kappa shape index (κ3) is 5.00. The quantitative estimate of drug-likeness (QED) is 0.570. The van der Waals surface area contributed by atoms with Crippen LogP contribution in [-0.4, -0.2) is 48.1 Å². The lowest BCUT2D eigenvalue weighted by Crippen LogP contribution is -2.50. The minimum atomic E-state index is -0.105. The van der Waals surface area contributed by atoms with Gasteiger partial charge in [0.1, 0.15) is 0 Å². The van der Waals surface area contributed by atoms with Crippen molar-refractivity contribution in [2.45, 2.75) is 32.2 Å². The smallest absolute Gasteiger partial charge is 0.334 e. The molecule has 1 saturated heterocycles. The number of urea groups is 1. The molecular formula is C22H30N4OS. The molecule has 2 amide bonds. The van der Waals surface area contributed by atoms with E-state index in [2.05, 4.69) is 48.0 Å². The molecule has 3 rings (SSSR count). The zero-order chi connectivity index (χ0) is 19.9. The Balaban J connectivity index is 1.54. The molecule has 28 heavy (non-hydrogen) atoms. The van der Waals surface area contributed by atoms with Crippen molar-refractivity contribution >= 4 is 30.2 Å². The van der Waals surface area contributed by atoms with Crippen LogP contribution in [0.25, 0.3) is 0 Å². The first-order chi connectivity index (χ1) is 13.6. The standard InChI is InChI=1S/C22H30N4OS/c1-2-25(22(27)26(28)21-11-7-6-10-20(21)23)19-13-16-24(17-14-19)15-12-18-8-4-3-5-9-18/h3-11,19,28H,2,12-17,23H2,1H3. The third-order valence-electron chi connectivity index (χ3n) is 5.49. The summed E-state index contributed by atoms with van der Waals surface area (Å²) in [4.78, 5) is 17.4. The summed E-state index contributed by atoms with van der Waals surface area (Å²) in [6.45, 7) is 5.78. The summed E-state index contributed by atoms with van der Waals surface area (Å²) in [6.07, 6.45) is 3.04. The fraction of sp³-hybridized carbons (Fsp3) is 0.409. The number of nitrogens with zero attached hydrogens (tertiary/aromatic N) is 3. The lowest BCUT2D eigenvalue weighted by atomic mass is 10.0. The minimum Gasteiger partial charge on any atom is -0.397 e. The molecule has 1 heterocycles. The van der Waals surface area contributed by atoms with Gasteiger partial charge in [-0.1, -0.05) is 55.3 Å². The van der Waals surface area contributed by atoms with Gasteiger partial charge < -0.3 is 15.5 Å². The fourth-order valence-electron chi connectivity index (χ4n) is 3.84. The van der Waals surface area contributed by atoms with Crippen molar-refractivity contribution in [2.24, 2.45) is 0 Å². The van der Waals surface area contributed by atoms with E-state index in [9.17, 15) is 4.79 Å². The van der Waals surface area contributed by atoms with Crippen LogP contribution in [0, 0.1) is 0 Å². The Bertz CT molecular complexity index is 762. The summed E-state index contributed by atoms with van der Waals surface area (Å²) in [5.41, 5.74) is 8.57. The van der Waals surface area contributed by atoms with Gasteiger partial charge in [-0.3, -0.25) is 0 Å². The number of piperidine rings is 1. The Kier molecular flexibility index (Phi) is 7.23.